The molecule has 142 valence electrons. The van der Waals surface area contributed by atoms with Crippen LogP contribution in [-0.4, -0.2) is 24.5 Å². The molecule has 0 saturated carbocycles. The number of hydrogen-bond donors (Lipinski definition) is 2. The Labute approximate surface area is 163 Å². The Bertz CT molecular complexity index is 644. The van der Waals surface area contributed by atoms with Gasteiger partial charge in [0, 0.05) is 17.8 Å². The van der Waals surface area contributed by atoms with E-state index in [1.165, 1.54) is 48.3 Å². The highest BCUT2D eigenvalue weighted by Crippen LogP contribution is 2.32. The lowest BCUT2D eigenvalue weighted by atomic mass is 9.82. The lowest BCUT2D eigenvalue weighted by Crippen LogP contribution is -2.18. The first-order valence-corrected chi connectivity index (χ1v) is 10.7. The molecule has 3 N–H and O–H groups in total. The average Bonchev–Trinajstić information content (AvgIpc) is 2.72. The molecule has 0 radical (unpaired) electrons. The molecule has 0 fully saturated rings. The third-order valence-electron chi connectivity index (χ3n) is 5.18. The SMILES string of the molecule is CCCC(CN)c1ccc2c(c1)CCC(CSc1ccccc1)C2.CO. The molecule has 0 amide bonds. The Balaban J connectivity index is 0.00000117. The van der Waals surface area contributed by atoms with Crippen LogP contribution in [0.5, 0.6) is 0 Å². The Morgan fingerprint density at radius 2 is 1.88 bits per heavy atom. The van der Waals surface area contributed by atoms with Gasteiger partial charge in [0.05, 0.1) is 0 Å². The molecule has 0 aromatic heterocycles. The summed E-state index contributed by atoms with van der Waals surface area (Å²) >= 11 is 2.00. The van der Waals surface area contributed by atoms with Gasteiger partial charge in [0.2, 0.25) is 0 Å². The summed E-state index contributed by atoms with van der Waals surface area (Å²) in [5, 5.41) is 7.00. The predicted octanol–water partition coefficient (Wildman–Crippen LogP) is 5.03. The zero-order valence-corrected chi connectivity index (χ0v) is 17.0. The standard InChI is InChI=1S/C22H29NS.CH4O/c1-2-6-21(15-23)20-12-11-18-13-17(9-10-19(18)14-20)16-24-22-7-4-3-5-8-22;1-2/h3-5,7-8,11-12,14,17,21H,2,6,9-10,13,15-16,23H2,1H3;2H,1H3. The van der Waals surface area contributed by atoms with Crippen LogP contribution in [0.15, 0.2) is 53.4 Å². The molecule has 26 heavy (non-hydrogen) atoms. The first-order valence-electron chi connectivity index (χ1n) is 9.74. The Hall–Kier alpha value is -1.29. The molecular weight excluding hydrogens is 338 g/mol. The molecule has 2 aromatic rings. The van der Waals surface area contributed by atoms with Crippen LogP contribution in [0.2, 0.25) is 0 Å². The molecule has 2 unspecified atom stereocenters. The number of aryl methyl sites for hydroxylation is 1. The van der Waals surface area contributed by atoms with Crippen molar-refractivity contribution >= 4 is 11.8 Å². The minimum Gasteiger partial charge on any atom is -0.400 e. The topological polar surface area (TPSA) is 46.2 Å². The van der Waals surface area contributed by atoms with Crippen LogP contribution in [0.4, 0.5) is 0 Å². The van der Waals surface area contributed by atoms with Crippen molar-refractivity contribution in [2.75, 3.05) is 19.4 Å². The second-order valence-corrected chi connectivity index (χ2v) is 8.08. The van der Waals surface area contributed by atoms with Gasteiger partial charge in [-0.1, -0.05) is 49.7 Å². The Kier molecular flexibility index (Phi) is 9.24. The van der Waals surface area contributed by atoms with E-state index in [2.05, 4.69) is 55.5 Å². The molecule has 1 aliphatic carbocycles. The van der Waals surface area contributed by atoms with Crippen molar-refractivity contribution in [2.24, 2.45) is 11.7 Å². The average molecular weight is 372 g/mol. The van der Waals surface area contributed by atoms with E-state index in [1.807, 2.05) is 11.8 Å². The number of aliphatic hydroxyl groups is 1. The number of benzene rings is 2. The first kappa shape index (κ1) is 21.0. The van der Waals surface area contributed by atoms with Gasteiger partial charge in [0.15, 0.2) is 0 Å². The Morgan fingerprint density at radius 3 is 2.58 bits per heavy atom. The van der Waals surface area contributed by atoms with E-state index in [1.54, 1.807) is 11.1 Å². The van der Waals surface area contributed by atoms with Crippen molar-refractivity contribution in [3.05, 3.63) is 65.2 Å². The maximum atomic E-state index is 7.00. The summed E-state index contributed by atoms with van der Waals surface area (Å²) in [5.41, 5.74) is 10.6. The van der Waals surface area contributed by atoms with Crippen molar-refractivity contribution in [1.29, 1.82) is 0 Å². The van der Waals surface area contributed by atoms with Crippen molar-refractivity contribution in [3.8, 4) is 0 Å². The highest BCUT2D eigenvalue weighted by molar-refractivity contribution is 7.99. The van der Waals surface area contributed by atoms with Gasteiger partial charge in [0.1, 0.15) is 0 Å². The lowest BCUT2D eigenvalue weighted by Gasteiger charge is -2.26. The number of thioether (sulfide) groups is 1. The summed E-state index contributed by atoms with van der Waals surface area (Å²) in [6.45, 7) is 3.01. The number of aliphatic hydroxyl groups excluding tert-OH is 1. The fraction of sp³-hybridized carbons (Fsp3) is 0.478. The summed E-state index contributed by atoms with van der Waals surface area (Å²) in [7, 11) is 1.00. The number of nitrogens with two attached hydrogens (primary N) is 1. The molecule has 3 heteroatoms. The first-order chi connectivity index (χ1) is 12.8. The van der Waals surface area contributed by atoms with E-state index in [9.17, 15) is 0 Å². The maximum Gasteiger partial charge on any atom is 0.0319 e. The van der Waals surface area contributed by atoms with Crippen LogP contribution >= 0.6 is 11.8 Å². The van der Waals surface area contributed by atoms with Crippen LogP contribution in [0, 0.1) is 5.92 Å². The van der Waals surface area contributed by atoms with Gasteiger partial charge < -0.3 is 10.8 Å². The van der Waals surface area contributed by atoms with Gasteiger partial charge in [0.25, 0.3) is 0 Å². The number of rotatable bonds is 7. The van der Waals surface area contributed by atoms with E-state index in [0.29, 0.717) is 5.92 Å². The minimum absolute atomic E-state index is 0.534. The van der Waals surface area contributed by atoms with Gasteiger partial charge in [-0.2, -0.15) is 0 Å². The molecule has 2 aromatic carbocycles. The van der Waals surface area contributed by atoms with Crippen LogP contribution in [0.25, 0.3) is 0 Å². The summed E-state index contributed by atoms with van der Waals surface area (Å²) in [4.78, 5) is 1.39. The molecule has 0 bridgehead atoms. The zero-order valence-electron chi connectivity index (χ0n) is 16.2. The largest absolute Gasteiger partial charge is 0.400 e. The van der Waals surface area contributed by atoms with E-state index in [0.717, 1.165) is 19.6 Å². The van der Waals surface area contributed by atoms with Gasteiger partial charge in [-0.15, -0.1) is 11.8 Å². The van der Waals surface area contributed by atoms with E-state index in [4.69, 9.17) is 10.8 Å². The maximum absolute atomic E-state index is 7.00. The van der Waals surface area contributed by atoms with Crippen LogP contribution < -0.4 is 5.73 Å². The summed E-state index contributed by atoms with van der Waals surface area (Å²) in [5.74, 6) is 2.56. The van der Waals surface area contributed by atoms with Crippen molar-refractivity contribution in [1.82, 2.24) is 0 Å². The molecule has 0 spiro atoms. The second kappa shape index (κ2) is 11.4. The van der Waals surface area contributed by atoms with Gasteiger partial charge >= 0.3 is 0 Å². The zero-order chi connectivity index (χ0) is 18.8. The van der Waals surface area contributed by atoms with Crippen LogP contribution in [0.1, 0.15) is 48.8 Å². The fourth-order valence-electron chi connectivity index (χ4n) is 3.75. The predicted molar refractivity (Wildman–Crippen MR) is 114 cm³/mol. The van der Waals surface area contributed by atoms with Gasteiger partial charge in [-0.25, -0.2) is 0 Å². The van der Waals surface area contributed by atoms with E-state index in [-0.39, 0.29) is 0 Å². The fourth-order valence-corrected chi connectivity index (χ4v) is 4.81. The molecule has 2 atom stereocenters. The number of fused-ring (bicyclic) bond motifs is 1. The number of hydrogen-bond acceptors (Lipinski definition) is 3. The molecule has 0 heterocycles. The molecule has 1 aliphatic rings. The third kappa shape index (κ3) is 5.87. The monoisotopic (exact) mass is 371 g/mol. The highest BCUT2D eigenvalue weighted by Gasteiger charge is 2.20. The van der Waals surface area contributed by atoms with Gasteiger partial charge in [-0.05, 0) is 72.9 Å². The normalized spacial score (nSPS) is 17.0. The third-order valence-corrected chi connectivity index (χ3v) is 6.43. The van der Waals surface area contributed by atoms with E-state index < -0.39 is 0 Å². The van der Waals surface area contributed by atoms with Crippen LogP contribution in [-0.2, 0) is 12.8 Å². The Morgan fingerprint density at radius 1 is 1.12 bits per heavy atom. The lowest BCUT2D eigenvalue weighted by molar-refractivity contribution is 0.399. The van der Waals surface area contributed by atoms with Crippen molar-refractivity contribution < 1.29 is 5.11 Å². The minimum atomic E-state index is 0.534. The molecule has 3 rings (SSSR count). The van der Waals surface area contributed by atoms with Gasteiger partial charge in [-0.3, -0.25) is 0 Å². The summed E-state index contributed by atoms with van der Waals surface area (Å²) in [6, 6.07) is 17.9. The highest BCUT2D eigenvalue weighted by atomic mass is 32.2. The molecular formula is C23H33NOS. The molecule has 0 saturated heterocycles. The molecule has 2 nitrogen and oxygen atoms in total. The summed E-state index contributed by atoms with van der Waals surface area (Å²) in [6.07, 6.45) is 6.18. The van der Waals surface area contributed by atoms with Crippen molar-refractivity contribution in [2.45, 2.75) is 49.8 Å². The molecule has 0 aliphatic heterocycles. The van der Waals surface area contributed by atoms with Crippen LogP contribution in [0.3, 0.4) is 0 Å². The smallest absolute Gasteiger partial charge is 0.0319 e. The quantitative estimate of drug-likeness (QED) is 0.671. The second-order valence-electron chi connectivity index (χ2n) is 6.98. The van der Waals surface area contributed by atoms with E-state index >= 15 is 0 Å². The summed E-state index contributed by atoms with van der Waals surface area (Å²) < 4.78 is 0. The van der Waals surface area contributed by atoms with Crippen molar-refractivity contribution in [3.63, 3.8) is 0 Å².